The van der Waals surface area contributed by atoms with Gasteiger partial charge in [-0.2, -0.15) is 13.2 Å². The van der Waals surface area contributed by atoms with Gasteiger partial charge in [-0.05, 0) is 57.1 Å². The molecule has 1 N–H and O–H groups in total. The summed E-state index contributed by atoms with van der Waals surface area (Å²) in [5.41, 5.74) is 2.85. The normalized spacial score (nSPS) is 18.0. The summed E-state index contributed by atoms with van der Waals surface area (Å²) < 4.78 is 55.3. The van der Waals surface area contributed by atoms with E-state index in [0.29, 0.717) is 54.9 Å². The van der Waals surface area contributed by atoms with Crippen LogP contribution in [0.2, 0.25) is 0 Å². The van der Waals surface area contributed by atoms with Gasteiger partial charge >= 0.3 is 11.9 Å². The van der Waals surface area contributed by atoms with E-state index in [-0.39, 0.29) is 10.8 Å². The molecule has 0 bridgehead atoms. The molecule has 2 aromatic carbocycles. The number of H-pyrrole nitrogens is 1. The highest BCUT2D eigenvalue weighted by Crippen LogP contribution is 2.32. The van der Waals surface area contributed by atoms with Crippen LogP contribution < -0.4 is 10.6 Å². The molecular formula is C29H33F4N7O. The lowest BCUT2D eigenvalue weighted by Gasteiger charge is -2.34. The predicted molar refractivity (Wildman–Crippen MR) is 150 cm³/mol. The molecule has 41 heavy (non-hydrogen) atoms. The molecule has 8 nitrogen and oxygen atoms in total. The summed E-state index contributed by atoms with van der Waals surface area (Å²) in [6.45, 7) is 7.55. The van der Waals surface area contributed by atoms with Gasteiger partial charge in [0.2, 0.25) is 0 Å². The summed E-state index contributed by atoms with van der Waals surface area (Å²) >= 11 is 0. The number of piperidine rings is 1. The van der Waals surface area contributed by atoms with Crippen molar-refractivity contribution in [3.8, 4) is 11.4 Å². The number of aryl methyl sites for hydroxylation is 1. The Labute approximate surface area is 234 Å². The molecule has 0 amide bonds. The lowest BCUT2D eigenvalue weighted by Crippen LogP contribution is -2.44. The standard InChI is InChI=1S/C29H33F4N7O/c1-19-24(35-27(34-19)20-3-5-21(6-4-20)29(30,31)32)18-37-11-9-22(10-12-37)39-26-17-23(38-15-13-36(2)14-16-38)7-8-25(26)40(33)28(39)41/h3-8,17,22H,9-16,18H2,1-2H3,(H,34,35). The third-order valence-electron chi connectivity index (χ3n) is 8.44. The molecule has 0 spiro atoms. The molecule has 2 aliphatic heterocycles. The number of imidazole rings is 2. The number of rotatable bonds is 5. The van der Waals surface area contributed by atoms with Crippen molar-refractivity contribution in [2.24, 2.45) is 0 Å². The minimum absolute atomic E-state index is 0.121. The first-order valence-electron chi connectivity index (χ1n) is 13.9. The van der Waals surface area contributed by atoms with E-state index in [1.54, 1.807) is 10.6 Å². The van der Waals surface area contributed by atoms with Crippen LogP contribution in [0.15, 0.2) is 47.3 Å². The van der Waals surface area contributed by atoms with Crippen molar-refractivity contribution < 1.29 is 17.7 Å². The van der Waals surface area contributed by atoms with Crippen LogP contribution in [0.1, 0.15) is 35.8 Å². The number of aromatic amines is 1. The zero-order valence-corrected chi connectivity index (χ0v) is 23.1. The van der Waals surface area contributed by atoms with E-state index in [0.717, 1.165) is 55.4 Å². The number of fused-ring (bicyclic) bond motifs is 1. The molecule has 0 aliphatic carbocycles. The fourth-order valence-electron chi connectivity index (χ4n) is 5.94. The van der Waals surface area contributed by atoms with Gasteiger partial charge in [0.1, 0.15) is 11.3 Å². The minimum Gasteiger partial charge on any atom is -0.369 e. The quantitative estimate of drug-likeness (QED) is 0.348. The van der Waals surface area contributed by atoms with Crippen LogP contribution in [0.3, 0.4) is 0 Å². The van der Waals surface area contributed by atoms with E-state index in [1.807, 2.05) is 19.1 Å². The Balaban J connectivity index is 1.15. The van der Waals surface area contributed by atoms with Gasteiger partial charge in [0.05, 0.1) is 16.8 Å². The second kappa shape index (κ2) is 10.6. The predicted octanol–water partition coefficient (Wildman–Crippen LogP) is 4.84. The van der Waals surface area contributed by atoms with E-state index in [1.165, 1.54) is 12.1 Å². The summed E-state index contributed by atoms with van der Waals surface area (Å²) in [6, 6.07) is 10.4. The molecule has 0 saturated carbocycles. The first-order valence-corrected chi connectivity index (χ1v) is 13.9. The highest BCUT2D eigenvalue weighted by atomic mass is 19.4. The molecule has 12 heteroatoms. The number of likely N-dealkylation sites (N-methyl/N-ethyl adjacent to an activating group) is 1. The van der Waals surface area contributed by atoms with Gasteiger partial charge in [-0.1, -0.05) is 16.6 Å². The SMILES string of the molecule is Cc1[nH]c(-c2ccc(C(F)(F)F)cc2)nc1CN1CCC(n2c(=O)n(F)c3ccc(N4CCN(C)CC4)cc32)CC1. The Bertz CT molecular complexity index is 1590. The van der Waals surface area contributed by atoms with Gasteiger partial charge in [-0.25, -0.2) is 9.78 Å². The van der Waals surface area contributed by atoms with Gasteiger partial charge in [-0.15, -0.1) is 4.79 Å². The molecule has 2 fully saturated rings. The topological polar surface area (TPSA) is 65.3 Å². The van der Waals surface area contributed by atoms with Gasteiger partial charge in [-0.3, -0.25) is 9.47 Å². The first-order chi connectivity index (χ1) is 19.6. The fourth-order valence-corrected chi connectivity index (χ4v) is 5.94. The summed E-state index contributed by atoms with van der Waals surface area (Å²) in [5, 5.41) is 0. The summed E-state index contributed by atoms with van der Waals surface area (Å²) in [7, 11) is 2.10. The van der Waals surface area contributed by atoms with Crippen molar-refractivity contribution in [2.45, 2.75) is 38.5 Å². The molecule has 0 atom stereocenters. The molecule has 6 rings (SSSR count). The number of halogens is 4. The number of benzene rings is 2. The minimum atomic E-state index is -4.38. The van der Waals surface area contributed by atoms with Crippen molar-refractivity contribution in [3.63, 3.8) is 0 Å². The number of likely N-dealkylation sites (tertiary alicyclic amines) is 1. The van der Waals surface area contributed by atoms with Crippen LogP contribution in [0.5, 0.6) is 0 Å². The lowest BCUT2D eigenvalue weighted by atomic mass is 10.0. The fraction of sp³-hybridized carbons (Fsp3) is 0.448. The van der Waals surface area contributed by atoms with E-state index < -0.39 is 17.4 Å². The van der Waals surface area contributed by atoms with Gasteiger partial charge in [0.15, 0.2) is 0 Å². The molecular weight excluding hydrogens is 538 g/mol. The van der Waals surface area contributed by atoms with E-state index >= 15 is 0 Å². The van der Waals surface area contributed by atoms with Crippen LogP contribution in [0, 0.1) is 6.92 Å². The lowest BCUT2D eigenvalue weighted by molar-refractivity contribution is -0.137. The Kier molecular flexibility index (Phi) is 7.14. The maximum atomic E-state index is 14.9. The van der Waals surface area contributed by atoms with Crippen LogP contribution in [0.25, 0.3) is 22.4 Å². The average Bonchev–Trinajstić information content (AvgIpc) is 3.44. The molecule has 0 unspecified atom stereocenters. The Morgan fingerprint density at radius 3 is 2.29 bits per heavy atom. The van der Waals surface area contributed by atoms with Crippen molar-refractivity contribution in [1.82, 2.24) is 29.1 Å². The number of hydrogen-bond acceptors (Lipinski definition) is 5. The molecule has 2 aliphatic rings. The largest absolute Gasteiger partial charge is 0.416 e. The third kappa shape index (κ3) is 5.38. The number of nitrogens with zero attached hydrogens (tertiary/aromatic N) is 6. The summed E-state index contributed by atoms with van der Waals surface area (Å²) in [5.74, 6) is 0.527. The number of anilines is 1. The number of aromatic nitrogens is 4. The summed E-state index contributed by atoms with van der Waals surface area (Å²) in [6.07, 6.45) is -3.01. The molecule has 218 valence electrons. The maximum Gasteiger partial charge on any atom is 0.416 e. The number of nitrogens with one attached hydrogen (secondary N) is 1. The first kappa shape index (κ1) is 27.5. The zero-order valence-electron chi connectivity index (χ0n) is 23.1. The molecule has 4 heterocycles. The average molecular weight is 572 g/mol. The maximum absolute atomic E-state index is 14.9. The number of piperazine rings is 1. The summed E-state index contributed by atoms with van der Waals surface area (Å²) in [4.78, 5) is 27.9. The van der Waals surface area contributed by atoms with Crippen molar-refractivity contribution in [1.29, 1.82) is 0 Å². The smallest absolute Gasteiger partial charge is 0.369 e. The van der Waals surface area contributed by atoms with Crippen LogP contribution >= 0.6 is 0 Å². The molecule has 2 saturated heterocycles. The third-order valence-corrected chi connectivity index (χ3v) is 8.44. The van der Waals surface area contributed by atoms with E-state index in [2.05, 4.69) is 31.7 Å². The molecule has 4 aromatic rings. The highest BCUT2D eigenvalue weighted by molar-refractivity contribution is 5.80. The van der Waals surface area contributed by atoms with Crippen molar-refractivity contribution >= 4 is 16.7 Å². The van der Waals surface area contributed by atoms with Crippen LogP contribution in [-0.4, -0.2) is 75.4 Å². The monoisotopic (exact) mass is 571 g/mol. The number of alkyl halides is 3. The Morgan fingerprint density at radius 1 is 0.951 bits per heavy atom. The van der Waals surface area contributed by atoms with E-state index in [4.69, 9.17) is 0 Å². The van der Waals surface area contributed by atoms with Crippen molar-refractivity contribution in [3.05, 3.63) is 69.9 Å². The van der Waals surface area contributed by atoms with Crippen molar-refractivity contribution in [2.75, 3.05) is 51.2 Å². The van der Waals surface area contributed by atoms with Gasteiger partial charge in [0.25, 0.3) is 0 Å². The van der Waals surface area contributed by atoms with Crippen LogP contribution in [-0.2, 0) is 12.7 Å². The zero-order chi connectivity index (χ0) is 28.9. The highest BCUT2D eigenvalue weighted by Gasteiger charge is 2.30. The number of hydrogen-bond donors (Lipinski definition) is 1. The second-order valence-corrected chi connectivity index (χ2v) is 11.1. The van der Waals surface area contributed by atoms with Crippen LogP contribution in [0.4, 0.5) is 23.3 Å². The molecule has 2 aromatic heterocycles. The van der Waals surface area contributed by atoms with Gasteiger partial charge in [0, 0.05) is 68.8 Å². The second-order valence-electron chi connectivity index (χ2n) is 11.1. The van der Waals surface area contributed by atoms with Gasteiger partial charge < -0.3 is 14.8 Å². The Morgan fingerprint density at radius 2 is 1.63 bits per heavy atom. The molecule has 0 radical (unpaired) electrons. The Hall–Kier alpha value is -3.64. The van der Waals surface area contributed by atoms with E-state index in [9.17, 15) is 22.4 Å².